The molecule has 0 radical (unpaired) electrons. The largest absolute Gasteiger partial charge is 0.364 e. The van der Waals surface area contributed by atoms with E-state index in [1.54, 1.807) is 48.7 Å². The smallest absolute Gasteiger partial charge is 0.267 e. The molecule has 3 heterocycles. The van der Waals surface area contributed by atoms with Gasteiger partial charge in [0.1, 0.15) is 23.0 Å². The predicted molar refractivity (Wildman–Crippen MR) is 139 cm³/mol. The number of nitrogens with one attached hydrogen (secondary N) is 3. The highest BCUT2D eigenvalue weighted by molar-refractivity contribution is 6.04. The number of carbonyl (C=O) groups is 2. The van der Waals surface area contributed by atoms with Crippen molar-refractivity contribution in [3.05, 3.63) is 89.5 Å². The van der Waals surface area contributed by atoms with Crippen molar-refractivity contribution in [2.45, 2.75) is 25.3 Å². The van der Waals surface area contributed by atoms with Crippen LogP contribution in [0.2, 0.25) is 0 Å². The van der Waals surface area contributed by atoms with Gasteiger partial charge in [-0.3, -0.25) is 9.59 Å². The number of aromatic amines is 1. The Morgan fingerprint density at radius 2 is 1.76 bits per heavy atom. The van der Waals surface area contributed by atoms with Crippen LogP contribution in [0.4, 0.5) is 5.82 Å². The van der Waals surface area contributed by atoms with Crippen LogP contribution in [0.5, 0.6) is 0 Å². The number of rotatable bonds is 6. The predicted octanol–water partition coefficient (Wildman–Crippen LogP) is 4.18. The Labute approximate surface area is 213 Å². The number of hydrogen-bond acceptors (Lipinski definition) is 6. The summed E-state index contributed by atoms with van der Waals surface area (Å²) in [5, 5.41) is 15.2. The molecule has 0 aliphatic carbocycles. The molecule has 37 heavy (non-hydrogen) atoms. The summed E-state index contributed by atoms with van der Waals surface area (Å²) in [5.74, 6) is 0.197. The Hall–Kier alpha value is -4.81. The third-order valence-electron chi connectivity index (χ3n) is 6.38. The number of aromatic nitrogens is 3. The van der Waals surface area contributed by atoms with Gasteiger partial charge in [0, 0.05) is 17.3 Å². The van der Waals surface area contributed by atoms with Gasteiger partial charge < -0.3 is 21.4 Å². The van der Waals surface area contributed by atoms with Gasteiger partial charge in [-0.25, -0.2) is 9.97 Å². The summed E-state index contributed by atoms with van der Waals surface area (Å²) in [5.41, 5.74) is 9.81. The maximum atomic E-state index is 12.9. The summed E-state index contributed by atoms with van der Waals surface area (Å²) in [4.78, 5) is 37.0. The van der Waals surface area contributed by atoms with Gasteiger partial charge >= 0.3 is 0 Å². The number of H-pyrrole nitrogens is 1. The van der Waals surface area contributed by atoms with Gasteiger partial charge in [0.25, 0.3) is 11.8 Å². The van der Waals surface area contributed by atoms with Crippen LogP contribution in [0.1, 0.15) is 57.5 Å². The van der Waals surface area contributed by atoms with E-state index in [1.807, 2.05) is 18.2 Å². The van der Waals surface area contributed by atoms with Crippen molar-refractivity contribution in [1.29, 1.82) is 5.26 Å². The molecule has 9 heteroatoms. The molecule has 5 rings (SSSR count). The van der Waals surface area contributed by atoms with Gasteiger partial charge in [0.05, 0.1) is 17.7 Å². The minimum absolute atomic E-state index is 0.0539. The molecule has 0 spiro atoms. The highest BCUT2D eigenvalue weighted by atomic mass is 16.2. The number of nitriles is 1. The summed E-state index contributed by atoms with van der Waals surface area (Å²) in [6.45, 7) is 0.904. The molecular formula is C28H25N7O2. The number of anilines is 1. The van der Waals surface area contributed by atoms with Crippen molar-refractivity contribution in [1.82, 2.24) is 20.3 Å². The van der Waals surface area contributed by atoms with Crippen LogP contribution in [0.25, 0.3) is 22.4 Å². The number of primary amides is 1. The molecule has 0 saturated carbocycles. The number of nitrogens with two attached hydrogens (primary N) is 1. The van der Waals surface area contributed by atoms with E-state index in [0.29, 0.717) is 34.0 Å². The van der Waals surface area contributed by atoms with Crippen molar-refractivity contribution in [2.75, 3.05) is 11.9 Å². The Kier molecular flexibility index (Phi) is 6.74. The van der Waals surface area contributed by atoms with Crippen LogP contribution in [-0.2, 0) is 0 Å². The number of pyridine rings is 1. The SMILES string of the molecule is N#Cc1ccc(-c2ccnc(NC(=O)c3ccc(-c4nc(C5CCCCN5)[nH]c4C(N)=O)cc3)c2)cc1. The van der Waals surface area contributed by atoms with Gasteiger partial charge in [-0.15, -0.1) is 0 Å². The van der Waals surface area contributed by atoms with E-state index in [-0.39, 0.29) is 17.6 Å². The van der Waals surface area contributed by atoms with Gasteiger partial charge in [0.15, 0.2) is 0 Å². The van der Waals surface area contributed by atoms with E-state index < -0.39 is 5.91 Å². The van der Waals surface area contributed by atoms with Gasteiger partial charge in [-0.2, -0.15) is 5.26 Å². The molecule has 1 saturated heterocycles. The third-order valence-corrected chi connectivity index (χ3v) is 6.38. The number of hydrogen-bond donors (Lipinski definition) is 4. The zero-order valence-corrected chi connectivity index (χ0v) is 20.0. The minimum atomic E-state index is -0.584. The summed E-state index contributed by atoms with van der Waals surface area (Å²) in [6, 6.07) is 19.8. The van der Waals surface area contributed by atoms with Crippen LogP contribution in [0, 0.1) is 11.3 Å². The topological polar surface area (TPSA) is 150 Å². The highest BCUT2D eigenvalue weighted by Gasteiger charge is 2.23. The zero-order valence-electron chi connectivity index (χ0n) is 20.0. The van der Waals surface area contributed by atoms with E-state index in [9.17, 15) is 9.59 Å². The molecule has 2 aromatic carbocycles. The summed E-state index contributed by atoms with van der Waals surface area (Å²) in [6.07, 6.45) is 4.76. The van der Waals surface area contributed by atoms with Crippen LogP contribution < -0.4 is 16.4 Å². The molecule has 2 amide bonds. The average Bonchev–Trinajstić information content (AvgIpc) is 3.40. The standard InChI is InChI=1S/C28H25N7O2/c29-16-17-4-6-18(7-5-17)21-12-14-32-23(15-21)33-28(37)20-10-8-19(9-11-20)24-25(26(30)36)35-27(34-24)22-3-1-2-13-31-22/h4-12,14-15,22,31H,1-3,13H2,(H2,30,36)(H,34,35)(H,32,33,37). The average molecular weight is 492 g/mol. The Morgan fingerprint density at radius 1 is 1.00 bits per heavy atom. The van der Waals surface area contributed by atoms with Crippen LogP contribution >= 0.6 is 0 Å². The summed E-state index contributed by atoms with van der Waals surface area (Å²) >= 11 is 0. The van der Waals surface area contributed by atoms with Crippen LogP contribution in [0.3, 0.4) is 0 Å². The number of carbonyl (C=O) groups excluding carboxylic acids is 2. The second-order valence-electron chi connectivity index (χ2n) is 8.86. The number of amides is 2. The summed E-state index contributed by atoms with van der Waals surface area (Å²) in [7, 11) is 0. The van der Waals surface area contributed by atoms with E-state index in [0.717, 1.165) is 36.9 Å². The molecule has 2 aromatic heterocycles. The molecule has 1 aliphatic rings. The van der Waals surface area contributed by atoms with E-state index in [1.165, 1.54) is 0 Å². The monoisotopic (exact) mass is 491 g/mol. The zero-order chi connectivity index (χ0) is 25.8. The third kappa shape index (κ3) is 5.24. The molecule has 1 aliphatic heterocycles. The van der Waals surface area contributed by atoms with Gasteiger partial charge in [-0.1, -0.05) is 30.7 Å². The fourth-order valence-electron chi connectivity index (χ4n) is 4.41. The lowest BCUT2D eigenvalue weighted by Crippen LogP contribution is -2.27. The van der Waals surface area contributed by atoms with Crippen molar-refractivity contribution in [3.8, 4) is 28.5 Å². The lowest BCUT2D eigenvalue weighted by atomic mass is 10.0. The molecule has 5 N–H and O–H groups in total. The van der Waals surface area contributed by atoms with Gasteiger partial charge in [0.2, 0.25) is 0 Å². The molecular weight excluding hydrogens is 466 g/mol. The molecule has 1 fully saturated rings. The Balaban J connectivity index is 1.33. The van der Waals surface area contributed by atoms with E-state index >= 15 is 0 Å². The van der Waals surface area contributed by atoms with E-state index in [4.69, 9.17) is 11.0 Å². The van der Waals surface area contributed by atoms with Crippen molar-refractivity contribution in [2.24, 2.45) is 5.73 Å². The minimum Gasteiger partial charge on any atom is -0.364 e. The molecule has 0 bridgehead atoms. The van der Waals surface area contributed by atoms with Crippen LogP contribution in [0.15, 0.2) is 66.9 Å². The first-order valence-corrected chi connectivity index (χ1v) is 12.0. The number of piperidine rings is 1. The molecule has 4 aromatic rings. The van der Waals surface area contributed by atoms with Crippen LogP contribution in [-0.4, -0.2) is 33.3 Å². The second-order valence-corrected chi connectivity index (χ2v) is 8.86. The molecule has 184 valence electrons. The Morgan fingerprint density at radius 3 is 2.43 bits per heavy atom. The summed E-state index contributed by atoms with van der Waals surface area (Å²) < 4.78 is 0. The molecule has 1 atom stereocenters. The maximum Gasteiger partial charge on any atom is 0.267 e. The first-order valence-electron chi connectivity index (χ1n) is 12.0. The number of benzene rings is 2. The second kappa shape index (κ2) is 10.4. The lowest BCUT2D eigenvalue weighted by Gasteiger charge is -2.21. The fraction of sp³-hybridized carbons (Fsp3) is 0.179. The molecule has 9 nitrogen and oxygen atoms in total. The normalized spacial score (nSPS) is 15.1. The first kappa shape index (κ1) is 23.9. The molecule has 1 unspecified atom stereocenters. The van der Waals surface area contributed by atoms with Crippen molar-refractivity contribution >= 4 is 17.6 Å². The number of imidazole rings is 1. The Bertz CT molecular complexity index is 1480. The number of nitrogens with zero attached hydrogens (tertiary/aromatic N) is 3. The highest BCUT2D eigenvalue weighted by Crippen LogP contribution is 2.28. The quantitative estimate of drug-likeness (QED) is 0.318. The van der Waals surface area contributed by atoms with E-state index in [2.05, 4.69) is 31.7 Å². The fourth-order valence-corrected chi connectivity index (χ4v) is 4.41. The lowest BCUT2D eigenvalue weighted by molar-refractivity contribution is 0.0994. The van der Waals surface area contributed by atoms with Crippen molar-refractivity contribution in [3.63, 3.8) is 0 Å². The maximum absolute atomic E-state index is 12.9. The van der Waals surface area contributed by atoms with Crippen molar-refractivity contribution < 1.29 is 9.59 Å². The van der Waals surface area contributed by atoms with Gasteiger partial charge in [-0.05, 0) is 66.9 Å². The first-order chi connectivity index (χ1) is 18.0.